The Balaban J connectivity index is 1.85. The summed E-state index contributed by atoms with van der Waals surface area (Å²) in [5, 5.41) is 0. The topological polar surface area (TPSA) is 53.7 Å². The number of rotatable bonds is 10. The van der Waals surface area contributed by atoms with Crippen LogP contribution in [0, 0.1) is 5.41 Å². The normalized spacial score (nSPS) is 19.7. The van der Waals surface area contributed by atoms with Gasteiger partial charge in [-0.15, -0.1) is 0 Å². The molecule has 0 radical (unpaired) electrons. The average Bonchev–Trinajstić information content (AvgIpc) is 3.03. The SMILES string of the molecule is COCCOCCOCCC1(C(C)N)CC1. The summed E-state index contributed by atoms with van der Waals surface area (Å²) in [4.78, 5) is 0. The highest BCUT2D eigenvalue weighted by atomic mass is 16.5. The molecule has 0 amide bonds. The maximum Gasteiger partial charge on any atom is 0.0701 e. The summed E-state index contributed by atoms with van der Waals surface area (Å²) < 4.78 is 15.7. The summed E-state index contributed by atoms with van der Waals surface area (Å²) in [5.74, 6) is 0. The molecule has 4 nitrogen and oxygen atoms in total. The van der Waals surface area contributed by atoms with Crippen molar-refractivity contribution in [2.24, 2.45) is 11.1 Å². The lowest BCUT2D eigenvalue weighted by molar-refractivity contribution is 0.0204. The van der Waals surface area contributed by atoms with Crippen molar-refractivity contribution < 1.29 is 14.2 Å². The highest BCUT2D eigenvalue weighted by Crippen LogP contribution is 2.50. The summed E-state index contributed by atoms with van der Waals surface area (Å²) in [6.07, 6.45) is 3.61. The van der Waals surface area contributed by atoms with Crippen LogP contribution in [-0.4, -0.2) is 46.2 Å². The fraction of sp³-hybridized carbons (Fsp3) is 1.00. The summed E-state index contributed by atoms with van der Waals surface area (Å²) in [6.45, 7) is 5.50. The lowest BCUT2D eigenvalue weighted by Crippen LogP contribution is -2.29. The number of methoxy groups -OCH3 is 1. The summed E-state index contributed by atoms with van der Waals surface area (Å²) in [5.41, 5.74) is 6.32. The second-order valence-corrected chi connectivity index (χ2v) is 4.62. The van der Waals surface area contributed by atoms with Gasteiger partial charge in [-0.2, -0.15) is 0 Å². The van der Waals surface area contributed by atoms with E-state index in [4.69, 9.17) is 19.9 Å². The van der Waals surface area contributed by atoms with E-state index in [1.54, 1.807) is 7.11 Å². The van der Waals surface area contributed by atoms with Crippen molar-refractivity contribution in [3.63, 3.8) is 0 Å². The van der Waals surface area contributed by atoms with Gasteiger partial charge in [-0.05, 0) is 31.6 Å². The van der Waals surface area contributed by atoms with Crippen molar-refractivity contribution in [2.45, 2.75) is 32.2 Å². The monoisotopic (exact) mass is 231 g/mol. The predicted molar refractivity (Wildman–Crippen MR) is 63.4 cm³/mol. The highest BCUT2D eigenvalue weighted by molar-refractivity contribution is 4.98. The Hall–Kier alpha value is -0.160. The Bertz CT molecular complexity index is 181. The first-order chi connectivity index (χ1) is 7.71. The molecule has 1 rings (SSSR count). The Morgan fingerprint density at radius 1 is 1.06 bits per heavy atom. The van der Waals surface area contributed by atoms with Crippen LogP contribution < -0.4 is 5.73 Å². The van der Waals surface area contributed by atoms with Crippen molar-refractivity contribution in [3.8, 4) is 0 Å². The van der Waals surface area contributed by atoms with Gasteiger partial charge in [0.05, 0.1) is 26.4 Å². The zero-order chi connectivity index (χ0) is 11.9. The molecule has 0 aromatic carbocycles. The molecule has 0 aromatic rings. The van der Waals surface area contributed by atoms with Crippen LogP contribution in [0.4, 0.5) is 0 Å². The standard InChI is InChI=1S/C12H25NO3/c1-11(13)12(3-4-12)5-6-15-9-10-16-8-7-14-2/h11H,3-10,13H2,1-2H3. The molecule has 1 aliphatic carbocycles. The molecule has 0 spiro atoms. The first-order valence-corrected chi connectivity index (χ1v) is 6.11. The van der Waals surface area contributed by atoms with E-state index in [-0.39, 0.29) is 0 Å². The smallest absolute Gasteiger partial charge is 0.0701 e. The van der Waals surface area contributed by atoms with Gasteiger partial charge in [0.2, 0.25) is 0 Å². The average molecular weight is 231 g/mol. The van der Waals surface area contributed by atoms with Crippen LogP contribution in [0.25, 0.3) is 0 Å². The van der Waals surface area contributed by atoms with Crippen molar-refractivity contribution in [3.05, 3.63) is 0 Å². The van der Waals surface area contributed by atoms with E-state index in [1.807, 2.05) is 0 Å². The minimum absolute atomic E-state index is 0.300. The Morgan fingerprint density at radius 3 is 2.12 bits per heavy atom. The molecule has 16 heavy (non-hydrogen) atoms. The van der Waals surface area contributed by atoms with Crippen molar-refractivity contribution >= 4 is 0 Å². The van der Waals surface area contributed by atoms with E-state index in [0.717, 1.165) is 13.0 Å². The van der Waals surface area contributed by atoms with E-state index in [1.165, 1.54) is 12.8 Å². The maximum atomic E-state index is 5.93. The molecule has 1 aliphatic rings. The highest BCUT2D eigenvalue weighted by Gasteiger charge is 2.45. The second kappa shape index (κ2) is 7.22. The van der Waals surface area contributed by atoms with E-state index in [9.17, 15) is 0 Å². The summed E-state index contributed by atoms with van der Waals surface area (Å²) >= 11 is 0. The molecular formula is C12H25NO3. The molecule has 0 heterocycles. The fourth-order valence-corrected chi connectivity index (χ4v) is 1.83. The third kappa shape index (κ3) is 4.78. The fourth-order valence-electron chi connectivity index (χ4n) is 1.83. The quantitative estimate of drug-likeness (QED) is 0.574. The molecule has 1 unspecified atom stereocenters. The number of hydrogen-bond donors (Lipinski definition) is 1. The number of hydrogen-bond acceptors (Lipinski definition) is 4. The first kappa shape index (κ1) is 13.9. The zero-order valence-electron chi connectivity index (χ0n) is 10.5. The van der Waals surface area contributed by atoms with E-state index >= 15 is 0 Å². The van der Waals surface area contributed by atoms with Gasteiger partial charge in [0.1, 0.15) is 0 Å². The van der Waals surface area contributed by atoms with Crippen LogP contribution in [0.3, 0.4) is 0 Å². The molecule has 4 heteroatoms. The van der Waals surface area contributed by atoms with Crippen LogP contribution in [0.1, 0.15) is 26.2 Å². The molecule has 0 bridgehead atoms. The zero-order valence-corrected chi connectivity index (χ0v) is 10.5. The lowest BCUT2D eigenvalue weighted by Gasteiger charge is -2.19. The molecule has 0 aromatic heterocycles. The van der Waals surface area contributed by atoms with Crippen LogP contribution >= 0.6 is 0 Å². The van der Waals surface area contributed by atoms with Gasteiger partial charge in [0, 0.05) is 19.8 Å². The molecule has 0 saturated heterocycles. The molecule has 0 aliphatic heterocycles. The van der Waals surface area contributed by atoms with E-state index in [2.05, 4.69) is 6.92 Å². The molecular weight excluding hydrogens is 206 g/mol. The van der Waals surface area contributed by atoms with Crippen LogP contribution in [0.5, 0.6) is 0 Å². The lowest BCUT2D eigenvalue weighted by atomic mass is 9.95. The Labute approximate surface area is 98.4 Å². The van der Waals surface area contributed by atoms with Crippen LogP contribution in [-0.2, 0) is 14.2 Å². The van der Waals surface area contributed by atoms with Crippen molar-refractivity contribution in [1.29, 1.82) is 0 Å². The Kier molecular flexibility index (Phi) is 6.28. The largest absolute Gasteiger partial charge is 0.382 e. The van der Waals surface area contributed by atoms with Gasteiger partial charge < -0.3 is 19.9 Å². The minimum atomic E-state index is 0.300. The molecule has 1 fully saturated rings. The number of nitrogens with two attached hydrogens (primary N) is 1. The van der Waals surface area contributed by atoms with E-state index in [0.29, 0.717) is 37.9 Å². The predicted octanol–water partition coefficient (Wildman–Crippen LogP) is 1.18. The summed E-state index contributed by atoms with van der Waals surface area (Å²) in [7, 11) is 1.67. The Morgan fingerprint density at radius 2 is 1.62 bits per heavy atom. The van der Waals surface area contributed by atoms with E-state index < -0.39 is 0 Å². The van der Waals surface area contributed by atoms with Crippen molar-refractivity contribution in [2.75, 3.05) is 40.1 Å². The van der Waals surface area contributed by atoms with Crippen molar-refractivity contribution in [1.82, 2.24) is 0 Å². The van der Waals surface area contributed by atoms with Crippen LogP contribution in [0.15, 0.2) is 0 Å². The van der Waals surface area contributed by atoms with Gasteiger partial charge in [0.15, 0.2) is 0 Å². The summed E-state index contributed by atoms with van der Waals surface area (Å²) in [6, 6.07) is 0.300. The molecule has 1 atom stereocenters. The molecule has 96 valence electrons. The van der Waals surface area contributed by atoms with Gasteiger partial charge in [-0.3, -0.25) is 0 Å². The third-order valence-electron chi connectivity index (χ3n) is 3.41. The first-order valence-electron chi connectivity index (χ1n) is 6.11. The maximum absolute atomic E-state index is 5.93. The molecule has 2 N–H and O–H groups in total. The van der Waals surface area contributed by atoms with Gasteiger partial charge in [0.25, 0.3) is 0 Å². The molecule has 1 saturated carbocycles. The second-order valence-electron chi connectivity index (χ2n) is 4.62. The van der Waals surface area contributed by atoms with Gasteiger partial charge >= 0.3 is 0 Å². The minimum Gasteiger partial charge on any atom is -0.382 e. The van der Waals surface area contributed by atoms with Gasteiger partial charge in [-0.1, -0.05) is 0 Å². The number of ether oxygens (including phenoxy) is 3. The third-order valence-corrected chi connectivity index (χ3v) is 3.41. The van der Waals surface area contributed by atoms with Crippen LogP contribution in [0.2, 0.25) is 0 Å². The van der Waals surface area contributed by atoms with Gasteiger partial charge in [-0.25, -0.2) is 0 Å².